The van der Waals surface area contributed by atoms with E-state index in [0.717, 1.165) is 28.9 Å². The molecule has 43 heavy (non-hydrogen) atoms. The fourth-order valence-corrected chi connectivity index (χ4v) is 7.78. The zero-order chi connectivity index (χ0) is 31.3. The summed E-state index contributed by atoms with van der Waals surface area (Å²) < 4.78 is 0. The summed E-state index contributed by atoms with van der Waals surface area (Å²) >= 11 is 0. The molecule has 0 aromatic heterocycles. The van der Waals surface area contributed by atoms with Gasteiger partial charge < -0.3 is 22.1 Å². The third-order valence-electron chi connectivity index (χ3n) is 10.5. The van der Waals surface area contributed by atoms with Crippen molar-refractivity contribution in [2.75, 3.05) is 35.2 Å². The van der Waals surface area contributed by atoms with Crippen LogP contribution in [0.1, 0.15) is 126 Å². The lowest BCUT2D eigenvalue weighted by Gasteiger charge is -2.21. The van der Waals surface area contributed by atoms with E-state index in [4.69, 9.17) is 17.2 Å². The monoisotopic (exact) mass is 582 g/mol. The van der Waals surface area contributed by atoms with Gasteiger partial charge in [-0.1, -0.05) is 49.9 Å². The van der Waals surface area contributed by atoms with Gasteiger partial charge in [-0.15, -0.1) is 0 Å². The molecule has 1 heterocycles. The van der Waals surface area contributed by atoms with Crippen LogP contribution in [-0.4, -0.2) is 13.1 Å². The van der Waals surface area contributed by atoms with Crippen molar-refractivity contribution in [3.63, 3.8) is 0 Å². The summed E-state index contributed by atoms with van der Waals surface area (Å²) in [6.45, 7) is 17.4. The second-order valence-electron chi connectivity index (χ2n) is 13.6. The maximum atomic E-state index is 6.12. The molecule has 3 fully saturated rings. The predicted molar refractivity (Wildman–Crippen MR) is 190 cm³/mol. The Balaban J connectivity index is 0.000000148. The van der Waals surface area contributed by atoms with Crippen LogP contribution in [-0.2, 0) is 0 Å². The third-order valence-corrected chi connectivity index (χ3v) is 10.5. The molecule has 2 saturated carbocycles. The van der Waals surface area contributed by atoms with E-state index in [1.54, 1.807) is 0 Å². The predicted octanol–water partition coefficient (Wildman–Crippen LogP) is 9.88. The van der Waals surface area contributed by atoms with Crippen LogP contribution >= 0.6 is 0 Å². The zero-order valence-electron chi connectivity index (χ0n) is 28.2. The van der Waals surface area contributed by atoms with E-state index < -0.39 is 0 Å². The van der Waals surface area contributed by atoms with Crippen molar-refractivity contribution in [2.24, 2.45) is 0 Å². The number of rotatable bonds is 3. The van der Waals surface area contributed by atoms with Crippen LogP contribution < -0.4 is 22.1 Å². The molecule has 0 atom stereocenters. The summed E-state index contributed by atoms with van der Waals surface area (Å²) in [5.41, 5.74) is 34.4. The summed E-state index contributed by atoms with van der Waals surface area (Å²) in [6.07, 6.45) is 13.6. The molecule has 4 nitrogen and oxygen atoms in total. The van der Waals surface area contributed by atoms with E-state index in [2.05, 4.69) is 83.7 Å². The number of nitrogen functional groups attached to an aromatic ring is 3. The van der Waals surface area contributed by atoms with Gasteiger partial charge in [-0.25, -0.2) is 0 Å². The van der Waals surface area contributed by atoms with Crippen LogP contribution in [0.25, 0.3) is 0 Å². The largest absolute Gasteiger partial charge is 0.398 e. The van der Waals surface area contributed by atoms with Gasteiger partial charge >= 0.3 is 0 Å². The van der Waals surface area contributed by atoms with Crippen LogP contribution in [0.5, 0.6) is 0 Å². The average Bonchev–Trinajstić information content (AvgIpc) is 3.78. The first kappa shape index (κ1) is 32.8. The van der Waals surface area contributed by atoms with Crippen LogP contribution in [0.3, 0.4) is 0 Å². The zero-order valence-corrected chi connectivity index (χ0v) is 28.2. The van der Waals surface area contributed by atoms with Gasteiger partial charge in [0.1, 0.15) is 0 Å². The maximum Gasteiger partial charge on any atom is 0.0416 e. The molecule has 2 aliphatic carbocycles. The number of anilines is 4. The Labute approximate surface area is 262 Å². The second-order valence-corrected chi connectivity index (χ2v) is 13.6. The summed E-state index contributed by atoms with van der Waals surface area (Å²) in [4.78, 5) is 2.44. The third kappa shape index (κ3) is 7.69. The van der Waals surface area contributed by atoms with Gasteiger partial charge in [-0.3, -0.25) is 0 Å². The van der Waals surface area contributed by atoms with Crippen molar-refractivity contribution in [2.45, 2.75) is 125 Å². The lowest BCUT2D eigenvalue weighted by atomic mass is 9.87. The summed E-state index contributed by atoms with van der Waals surface area (Å²) in [6, 6.07) is 11.0. The highest BCUT2D eigenvalue weighted by Crippen LogP contribution is 2.40. The highest BCUT2D eigenvalue weighted by molar-refractivity contribution is 5.64. The first-order valence-corrected chi connectivity index (χ1v) is 16.8. The van der Waals surface area contributed by atoms with Gasteiger partial charge in [-0.2, -0.15) is 0 Å². The minimum absolute atomic E-state index is 0.771. The minimum atomic E-state index is 0.771. The van der Waals surface area contributed by atoms with Gasteiger partial charge in [0, 0.05) is 35.8 Å². The first-order valence-electron chi connectivity index (χ1n) is 16.8. The Hall–Kier alpha value is -3.14. The molecule has 234 valence electrons. The topological polar surface area (TPSA) is 81.3 Å². The van der Waals surface area contributed by atoms with E-state index >= 15 is 0 Å². The quantitative estimate of drug-likeness (QED) is 0.268. The molecular weight excluding hydrogens is 524 g/mol. The minimum Gasteiger partial charge on any atom is -0.398 e. The lowest BCUT2D eigenvalue weighted by Crippen LogP contribution is -2.19. The smallest absolute Gasteiger partial charge is 0.0416 e. The number of benzene rings is 3. The second kappa shape index (κ2) is 14.6. The molecule has 0 radical (unpaired) electrons. The van der Waals surface area contributed by atoms with Crippen LogP contribution in [0.4, 0.5) is 22.7 Å². The molecule has 4 heteroatoms. The summed E-state index contributed by atoms with van der Waals surface area (Å²) in [5, 5.41) is 0. The molecule has 3 aromatic rings. The number of hydrogen-bond donors (Lipinski definition) is 3. The first-order chi connectivity index (χ1) is 20.5. The van der Waals surface area contributed by atoms with Crippen molar-refractivity contribution in [1.82, 2.24) is 0 Å². The molecule has 0 bridgehead atoms. The van der Waals surface area contributed by atoms with Crippen molar-refractivity contribution in [3.05, 3.63) is 80.4 Å². The number of aryl methyl sites for hydroxylation is 5. The van der Waals surface area contributed by atoms with E-state index in [0.29, 0.717) is 0 Å². The van der Waals surface area contributed by atoms with E-state index in [9.17, 15) is 0 Å². The fraction of sp³-hybridized carbons (Fsp3) is 0.538. The summed E-state index contributed by atoms with van der Waals surface area (Å²) in [5.74, 6) is 1.55. The molecule has 0 amide bonds. The summed E-state index contributed by atoms with van der Waals surface area (Å²) in [7, 11) is 0. The van der Waals surface area contributed by atoms with Gasteiger partial charge in [0.05, 0.1) is 0 Å². The normalized spacial score (nSPS) is 17.0. The highest BCUT2D eigenvalue weighted by Gasteiger charge is 2.22. The number of nitrogens with zero attached hydrogens (tertiary/aromatic N) is 1. The molecule has 3 aliphatic rings. The Morgan fingerprint density at radius 1 is 0.535 bits per heavy atom. The standard InChI is InChI=1S/C14H21N.C13H19N.C12H18N2/c1-9-8-10(2)14(15)11(3)13(9)12-6-4-5-7-12;1-9-7-8-12(10(2)13(9)14)11-5-3-4-6-11;1-9-7-10(2)12(8-11(9)13)14-5-3-4-6-14/h8,12H,4-7,15H2,1-3H3;7-8,11H,3-6,14H2,1-2H3;7-8H,3-6,13H2,1-2H3. The molecular formula is C39H58N4. The average molecular weight is 583 g/mol. The molecule has 3 aromatic carbocycles. The molecule has 6 N–H and O–H groups in total. The van der Waals surface area contributed by atoms with Crippen LogP contribution in [0, 0.1) is 48.5 Å². The number of hydrogen-bond acceptors (Lipinski definition) is 4. The highest BCUT2D eigenvalue weighted by atomic mass is 15.1. The Bertz CT molecular complexity index is 1370. The van der Waals surface area contributed by atoms with Gasteiger partial charge in [0.25, 0.3) is 0 Å². The van der Waals surface area contributed by atoms with E-state index in [-0.39, 0.29) is 0 Å². The SMILES string of the molecule is Cc1cc(C)c(C2CCCC2)c(C)c1N.Cc1cc(C)c(N2CCCC2)cc1N.Cc1ccc(C2CCCC2)c(C)c1N. The Morgan fingerprint density at radius 3 is 1.67 bits per heavy atom. The van der Waals surface area contributed by atoms with E-state index in [1.165, 1.54) is 133 Å². The Morgan fingerprint density at radius 2 is 1.07 bits per heavy atom. The van der Waals surface area contributed by atoms with E-state index in [1.807, 2.05) is 0 Å². The molecule has 0 unspecified atom stereocenters. The Kier molecular flexibility index (Phi) is 11.1. The van der Waals surface area contributed by atoms with Crippen LogP contribution in [0.2, 0.25) is 0 Å². The van der Waals surface area contributed by atoms with Crippen molar-refractivity contribution >= 4 is 22.7 Å². The van der Waals surface area contributed by atoms with Crippen molar-refractivity contribution < 1.29 is 0 Å². The van der Waals surface area contributed by atoms with Crippen molar-refractivity contribution in [1.29, 1.82) is 0 Å². The molecule has 1 aliphatic heterocycles. The maximum absolute atomic E-state index is 6.12. The number of nitrogens with two attached hydrogens (primary N) is 3. The lowest BCUT2D eigenvalue weighted by molar-refractivity contribution is 0.712. The van der Waals surface area contributed by atoms with Gasteiger partial charge in [0.15, 0.2) is 0 Å². The van der Waals surface area contributed by atoms with Gasteiger partial charge in [-0.05, 0) is 155 Å². The fourth-order valence-electron chi connectivity index (χ4n) is 7.78. The van der Waals surface area contributed by atoms with Crippen molar-refractivity contribution in [3.8, 4) is 0 Å². The molecule has 6 rings (SSSR count). The molecule has 1 saturated heterocycles. The van der Waals surface area contributed by atoms with Gasteiger partial charge in [0.2, 0.25) is 0 Å². The van der Waals surface area contributed by atoms with Crippen LogP contribution in [0.15, 0.2) is 30.3 Å². The molecule has 0 spiro atoms.